The molecule has 0 spiro atoms. The SMILES string of the molecule is CCc1cccc(C(P)CC)c1CC.Cl. The highest BCUT2D eigenvalue weighted by Crippen LogP contribution is 2.31. The van der Waals surface area contributed by atoms with Crippen LogP contribution in [0.3, 0.4) is 0 Å². The highest BCUT2D eigenvalue weighted by atomic mass is 35.5. The third-order valence-corrected chi connectivity index (χ3v) is 3.71. The van der Waals surface area contributed by atoms with Gasteiger partial charge in [-0.15, -0.1) is 21.6 Å². The maximum atomic E-state index is 2.96. The summed E-state index contributed by atoms with van der Waals surface area (Å²) in [5, 5.41) is 0. The third-order valence-electron chi connectivity index (χ3n) is 2.88. The van der Waals surface area contributed by atoms with E-state index < -0.39 is 0 Å². The molecule has 1 aromatic rings. The molecule has 0 bridgehead atoms. The molecular weight excluding hydrogens is 223 g/mol. The van der Waals surface area contributed by atoms with Gasteiger partial charge in [-0.3, -0.25) is 0 Å². The largest absolute Gasteiger partial charge is 0.147 e. The molecular formula is C13H22ClP. The van der Waals surface area contributed by atoms with Crippen molar-refractivity contribution in [3.63, 3.8) is 0 Å². The predicted octanol–water partition coefficient (Wildman–Crippen LogP) is 4.56. The summed E-state index contributed by atoms with van der Waals surface area (Å²) in [6, 6.07) is 6.73. The fourth-order valence-corrected chi connectivity index (χ4v) is 2.30. The minimum atomic E-state index is 0. The fourth-order valence-electron chi connectivity index (χ4n) is 1.98. The molecule has 0 saturated heterocycles. The summed E-state index contributed by atoms with van der Waals surface area (Å²) >= 11 is 0. The minimum Gasteiger partial charge on any atom is -0.147 e. The van der Waals surface area contributed by atoms with Crippen LogP contribution >= 0.6 is 21.6 Å². The van der Waals surface area contributed by atoms with E-state index in [9.17, 15) is 0 Å². The van der Waals surface area contributed by atoms with Crippen molar-refractivity contribution in [2.24, 2.45) is 0 Å². The first-order valence-electron chi connectivity index (χ1n) is 5.60. The summed E-state index contributed by atoms with van der Waals surface area (Å²) in [5.41, 5.74) is 5.23. The van der Waals surface area contributed by atoms with Gasteiger partial charge in [-0.1, -0.05) is 39.0 Å². The Morgan fingerprint density at radius 2 is 1.80 bits per heavy atom. The lowest BCUT2D eigenvalue weighted by Gasteiger charge is -2.16. The molecule has 15 heavy (non-hydrogen) atoms. The molecule has 0 amide bonds. The average Bonchev–Trinajstić information content (AvgIpc) is 2.26. The number of aryl methyl sites for hydroxylation is 1. The summed E-state index contributed by atoms with van der Waals surface area (Å²) in [6.45, 7) is 6.74. The van der Waals surface area contributed by atoms with E-state index in [1.807, 2.05) is 0 Å². The van der Waals surface area contributed by atoms with E-state index in [4.69, 9.17) is 0 Å². The fraction of sp³-hybridized carbons (Fsp3) is 0.538. The maximum absolute atomic E-state index is 2.96. The predicted molar refractivity (Wildman–Crippen MR) is 75.2 cm³/mol. The van der Waals surface area contributed by atoms with E-state index in [0.29, 0.717) is 5.66 Å². The van der Waals surface area contributed by atoms with Gasteiger partial charge < -0.3 is 0 Å². The van der Waals surface area contributed by atoms with Crippen LogP contribution < -0.4 is 0 Å². The van der Waals surface area contributed by atoms with Crippen LogP contribution in [0, 0.1) is 0 Å². The van der Waals surface area contributed by atoms with Crippen molar-refractivity contribution in [1.29, 1.82) is 0 Å². The molecule has 1 rings (SSSR count). The zero-order valence-corrected chi connectivity index (χ0v) is 11.9. The lowest BCUT2D eigenvalue weighted by molar-refractivity contribution is 0.866. The molecule has 0 heterocycles. The first-order chi connectivity index (χ1) is 6.74. The Kier molecular flexibility index (Phi) is 7.22. The van der Waals surface area contributed by atoms with Gasteiger partial charge in [0.15, 0.2) is 0 Å². The first-order valence-corrected chi connectivity index (χ1v) is 6.27. The highest BCUT2D eigenvalue weighted by Gasteiger charge is 2.10. The van der Waals surface area contributed by atoms with Gasteiger partial charge >= 0.3 is 0 Å². The molecule has 0 aliphatic heterocycles. The van der Waals surface area contributed by atoms with Gasteiger partial charge in [0.2, 0.25) is 0 Å². The molecule has 0 aliphatic carbocycles. The summed E-state index contributed by atoms with van der Waals surface area (Å²) in [7, 11) is 2.96. The standard InChI is InChI=1S/C13H21P.ClH/c1-4-10-8-7-9-12(11(10)5-2)13(14)6-3;/h7-9,13H,4-6,14H2,1-3H3;1H. The highest BCUT2D eigenvalue weighted by molar-refractivity contribution is 7.17. The van der Waals surface area contributed by atoms with Crippen LogP contribution in [0.25, 0.3) is 0 Å². The lowest BCUT2D eigenvalue weighted by Crippen LogP contribution is -1.99. The van der Waals surface area contributed by atoms with Crippen LogP contribution in [0.5, 0.6) is 0 Å². The summed E-state index contributed by atoms with van der Waals surface area (Å²) < 4.78 is 0. The van der Waals surface area contributed by atoms with Crippen LogP contribution in [0.15, 0.2) is 18.2 Å². The molecule has 0 saturated carbocycles. The first kappa shape index (κ1) is 14.9. The van der Waals surface area contributed by atoms with Crippen LogP contribution in [-0.4, -0.2) is 0 Å². The monoisotopic (exact) mass is 244 g/mol. The topological polar surface area (TPSA) is 0 Å². The molecule has 0 aliphatic rings. The van der Waals surface area contributed by atoms with E-state index >= 15 is 0 Å². The molecule has 2 unspecified atom stereocenters. The molecule has 2 atom stereocenters. The van der Waals surface area contributed by atoms with Gasteiger partial charge in [-0.05, 0) is 41.6 Å². The van der Waals surface area contributed by atoms with Gasteiger partial charge in [0.05, 0.1) is 0 Å². The van der Waals surface area contributed by atoms with Crippen LogP contribution in [-0.2, 0) is 12.8 Å². The van der Waals surface area contributed by atoms with Crippen molar-refractivity contribution in [2.75, 3.05) is 0 Å². The van der Waals surface area contributed by atoms with Crippen molar-refractivity contribution in [3.05, 3.63) is 34.9 Å². The average molecular weight is 245 g/mol. The molecule has 0 N–H and O–H groups in total. The summed E-state index contributed by atoms with van der Waals surface area (Å²) in [6.07, 6.45) is 3.51. The Morgan fingerprint density at radius 3 is 2.27 bits per heavy atom. The van der Waals surface area contributed by atoms with E-state index in [1.54, 1.807) is 5.56 Å². The zero-order valence-electron chi connectivity index (χ0n) is 9.92. The maximum Gasteiger partial charge on any atom is -0.00144 e. The molecule has 0 aromatic heterocycles. The van der Waals surface area contributed by atoms with Gasteiger partial charge in [0.1, 0.15) is 0 Å². The summed E-state index contributed by atoms with van der Waals surface area (Å²) in [5.74, 6) is 0. The number of benzene rings is 1. The van der Waals surface area contributed by atoms with Crippen LogP contribution in [0.1, 0.15) is 49.5 Å². The van der Waals surface area contributed by atoms with E-state index in [-0.39, 0.29) is 12.4 Å². The molecule has 0 radical (unpaired) electrons. The second-order valence-electron chi connectivity index (χ2n) is 3.71. The lowest BCUT2D eigenvalue weighted by atomic mass is 9.94. The second-order valence-corrected chi connectivity index (χ2v) is 4.51. The molecule has 1 aromatic carbocycles. The van der Waals surface area contributed by atoms with Crippen molar-refractivity contribution < 1.29 is 0 Å². The van der Waals surface area contributed by atoms with Gasteiger partial charge in [-0.25, -0.2) is 0 Å². The Bertz CT molecular complexity index is 297. The Hall–Kier alpha value is -0.0600. The normalized spacial score (nSPS) is 12.0. The van der Waals surface area contributed by atoms with Crippen LogP contribution in [0.4, 0.5) is 0 Å². The Balaban J connectivity index is 0.00000196. The van der Waals surface area contributed by atoms with Crippen molar-refractivity contribution in [1.82, 2.24) is 0 Å². The van der Waals surface area contributed by atoms with Crippen molar-refractivity contribution in [2.45, 2.75) is 45.7 Å². The Labute approximate surface area is 102 Å². The van der Waals surface area contributed by atoms with E-state index in [0.717, 1.165) is 12.8 Å². The van der Waals surface area contributed by atoms with Crippen molar-refractivity contribution in [3.8, 4) is 0 Å². The van der Waals surface area contributed by atoms with Crippen molar-refractivity contribution >= 4 is 21.6 Å². The van der Waals surface area contributed by atoms with Gasteiger partial charge in [0, 0.05) is 0 Å². The zero-order chi connectivity index (χ0) is 10.6. The van der Waals surface area contributed by atoms with E-state index in [1.165, 1.54) is 17.5 Å². The number of hydrogen-bond acceptors (Lipinski definition) is 0. The molecule has 2 heteroatoms. The smallest absolute Gasteiger partial charge is 0.00144 e. The molecule has 0 nitrogen and oxygen atoms in total. The second kappa shape index (κ2) is 7.25. The van der Waals surface area contributed by atoms with E-state index in [2.05, 4.69) is 48.2 Å². The van der Waals surface area contributed by atoms with Crippen LogP contribution in [0.2, 0.25) is 0 Å². The summed E-state index contributed by atoms with van der Waals surface area (Å²) in [4.78, 5) is 0. The van der Waals surface area contributed by atoms with Gasteiger partial charge in [-0.2, -0.15) is 0 Å². The Morgan fingerprint density at radius 1 is 1.13 bits per heavy atom. The van der Waals surface area contributed by atoms with Gasteiger partial charge in [0.25, 0.3) is 0 Å². The number of hydrogen-bond donors (Lipinski definition) is 0. The number of rotatable bonds is 4. The quantitative estimate of drug-likeness (QED) is 0.681. The third kappa shape index (κ3) is 3.47. The molecule has 86 valence electrons. The molecule has 0 fully saturated rings. The minimum absolute atomic E-state index is 0. The number of halogens is 1.